The molecule has 3 N–H and O–H groups in total. The first-order valence-electron chi connectivity index (χ1n) is 7.75. The van der Waals surface area contributed by atoms with Crippen LogP contribution in [0, 0.1) is 17.8 Å². The Morgan fingerprint density at radius 1 is 1.16 bits per heavy atom. The fraction of sp³-hybridized carbons (Fsp3) is 0.933. The molecule has 0 radical (unpaired) electrons. The molecule has 19 heavy (non-hydrogen) atoms. The van der Waals surface area contributed by atoms with Crippen molar-refractivity contribution in [1.82, 2.24) is 5.32 Å². The summed E-state index contributed by atoms with van der Waals surface area (Å²) in [6.45, 7) is 2.94. The molecule has 0 heterocycles. The lowest BCUT2D eigenvalue weighted by Crippen LogP contribution is -2.42. The van der Waals surface area contributed by atoms with E-state index in [0.717, 1.165) is 18.8 Å². The maximum absolute atomic E-state index is 12.3. The van der Waals surface area contributed by atoms with Gasteiger partial charge in [0, 0.05) is 12.0 Å². The summed E-state index contributed by atoms with van der Waals surface area (Å²) < 4.78 is 0. The molecule has 2 fully saturated rings. The van der Waals surface area contributed by atoms with Gasteiger partial charge in [-0.3, -0.25) is 4.79 Å². The predicted molar refractivity (Wildman–Crippen MR) is 81.3 cm³/mol. The van der Waals surface area contributed by atoms with Gasteiger partial charge in [0.1, 0.15) is 0 Å². The van der Waals surface area contributed by atoms with Gasteiger partial charge in [0.05, 0.1) is 0 Å². The van der Waals surface area contributed by atoms with E-state index in [1.807, 2.05) is 0 Å². The molecule has 2 atom stereocenters. The number of hydrogen-bond donors (Lipinski definition) is 2. The van der Waals surface area contributed by atoms with Gasteiger partial charge in [0.15, 0.2) is 0 Å². The van der Waals surface area contributed by atoms with Crippen LogP contribution in [-0.2, 0) is 4.79 Å². The highest BCUT2D eigenvalue weighted by Crippen LogP contribution is 2.32. The average Bonchev–Trinajstić information content (AvgIpc) is 2.88. The molecule has 0 bridgehead atoms. The normalized spacial score (nSPS) is 34.6. The van der Waals surface area contributed by atoms with Crippen LogP contribution in [0.5, 0.6) is 0 Å². The smallest absolute Gasteiger partial charge is 0.223 e. The summed E-state index contributed by atoms with van der Waals surface area (Å²) in [7, 11) is 0. The summed E-state index contributed by atoms with van der Waals surface area (Å²) >= 11 is 0. The summed E-state index contributed by atoms with van der Waals surface area (Å²) in [5.74, 6) is 1.79. The SMILES string of the molecule is CCC1CCC(NC(=O)[C@@H]2CCC[C@@H]2CN)CC1.Cl. The minimum atomic E-state index is 0. The fourth-order valence-corrected chi connectivity index (χ4v) is 3.69. The molecule has 2 aliphatic carbocycles. The van der Waals surface area contributed by atoms with Crippen LogP contribution in [0.25, 0.3) is 0 Å². The maximum Gasteiger partial charge on any atom is 0.223 e. The number of carbonyl (C=O) groups excluding carboxylic acids is 1. The summed E-state index contributed by atoms with van der Waals surface area (Å²) in [5, 5.41) is 3.28. The van der Waals surface area contributed by atoms with Gasteiger partial charge in [-0.05, 0) is 56.9 Å². The molecule has 0 unspecified atom stereocenters. The third-order valence-corrected chi connectivity index (χ3v) is 5.07. The largest absolute Gasteiger partial charge is 0.353 e. The molecule has 112 valence electrons. The van der Waals surface area contributed by atoms with Gasteiger partial charge in [-0.1, -0.05) is 19.8 Å². The molecule has 4 heteroatoms. The van der Waals surface area contributed by atoms with Crippen molar-refractivity contribution >= 4 is 18.3 Å². The highest BCUT2D eigenvalue weighted by Gasteiger charge is 2.33. The van der Waals surface area contributed by atoms with Crippen LogP contribution < -0.4 is 11.1 Å². The van der Waals surface area contributed by atoms with Crippen LogP contribution in [0.3, 0.4) is 0 Å². The van der Waals surface area contributed by atoms with Crippen molar-refractivity contribution in [3.63, 3.8) is 0 Å². The Labute approximate surface area is 123 Å². The Balaban J connectivity index is 0.00000180. The fourth-order valence-electron chi connectivity index (χ4n) is 3.69. The third kappa shape index (κ3) is 4.35. The van der Waals surface area contributed by atoms with Gasteiger partial charge >= 0.3 is 0 Å². The first kappa shape index (κ1) is 16.8. The van der Waals surface area contributed by atoms with E-state index >= 15 is 0 Å². The van der Waals surface area contributed by atoms with Gasteiger partial charge < -0.3 is 11.1 Å². The molecule has 2 saturated carbocycles. The number of amides is 1. The van der Waals surface area contributed by atoms with Gasteiger partial charge in [-0.25, -0.2) is 0 Å². The van der Waals surface area contributed by atoms with Crippen LogP contribution in [0.1, 0.15) is 58.3 Å². The number of carbonyl (C=O) groups is 1. The average molecular weight is 289 g/mol. The molecular weight excluding hydrogens is 260 g/mol. The molecule has 0 aromatic heterocycles. The summed E-state index contributed by atoms with van der Waals surface area (Å²) in [4.78, 5) is 12.3. The Bertz CT molecular complexity index is 277. The zero-order valence-electron chi connectivity index (χ0n) is 12.1. The monoisotopic (exact) mass is 288 g/mol. The molecule has 0 aromatic carbocycles. The number of nitrogens with two attached hydrogens (primary N) is 1. The van der Waals surface area contributed by atoms with E-state index in [4.69, 9.17) is 5.73 Å². The Hall–Kier alpha value is -0.280. The Morgan fingerprint density at radius 2 is 1.84 bits per heavy atom. The van der Waals surface area contributed by atoms with Gasteiger partial charge in [-0.15, -0.1) is 12.4 Å². The molecule has 0 spiro atoms. The van der Waals surface area contributed by atoms with Crippen molar-refractivity contribution in [1.29, 1.82) is 0 Å². The van der Waals surface area contributed by atoms with Gasteiger partial charge in [-0.2, -0.15) is 0 Å². The van der Waals surface area contributed by atoms with Crippen molar-refractivity contribution in [2.75, 3.05) is 6.54 Å². The molecular formula is C15H29ClN2O. The minimum absolute atomic E-state index is 0. The Morgan fingerprint density at radius 3 is 2.42 bits per heavy atom. The van der Waals surface area contributed by atoms with E-state index < -0.39 is 0 Å². The predicted octanol–water partition coefficient (Wildman–Crippen LogP) is 2.87. The van der Waals surface area contributed by atoms with E-state index in [1.165, 1.54) is 38.5 Å². The quantitative estimate of drug-likeness (QED) is 0.836. The standard InChI is InChI=1S/C15H28N2O.ClH/c1-2-11-6-8-13(9-7-11)17-15(18)14-5-3-4-12(14)10-16;/h11-14H,2-10,16H2,1H3,(H,17,18);1H/t11?,12-,13?,14-;/m1./s1. The Kier molecular flexibility index (Phi) is 7.16. The topological polar surface area (TPSA) is 55.1 Å². The van der Waals surface area contributed by atoms with Crippen LogP contribution >= 0.6 is 12.4 Å². The summed E-state index contributed by atoms with van der Waals surface area (Å²) in [6.07, 6.45) is 9.55. The van der Waals surface area contributed by atoms with E-state index in [9.17, 15) is 4.79 Å². The number of rotatable bonds is 4. The molecule has 2 rings (SSSR count). The van der Waals surface area contributed by atoms with E-state index in [-0.39, 0.29) is 24.2 Å². The molecule has 0 aromatic rings. The second-order valence-corrected chi connectivity index (χ2v) is 6.17. The number of nitrogens with one attached hydrogen (secondary N) is 1. The van der Waals surface area contributed by atoms with E-state index in [2.05, 4.69) is 12.2 Å². The molecule has 3 nitrogen and oxygen atoms in total. The van der Waals surface area contributed by atoms with Crippen LogP contribution in [0.15, 0.2) is 0 Å². The maximum atomic E-state index is 12.3. The lowest BCUT2D eigenvalue weighted by atomic mass is 9.84. The second-order valence-electron chi connectivity index (χ2n) is 6.17. The van der Waals surface area contributed by atoms with Gasteiger partial charge in [0.25, 0.3) is 0 Å². The van der Waals surface area contributed by atoms with E-state index in [1.54, 1.807) is 0 Å². The number of hydrogen-bond acceptors (Lipinski definition) is 2. The van der Waals surface area contributed by atoms with Crippen molar-refractivity contribution < 1.29 is 4.79 Å². The summed E-state index contributed by atoms with van der Waals surface area (Å²) in [5.41, 5.74) is 5.75. The molecule has 1 amide bonds. The number of halogens is 1. The molecule has 0 saturated heterocycles. The van der Waals surface area contributed by atoms with Crippen molar-refractivity contribution in [3.05, 3.63) is 0 Å². The van der Waals surface area contributed by atoms with Crippen LogP contribution in [0.2, 0.25) is 0 Å². The highest BCUT2D eigenvalue weighted by molar-refractivity contribution is 5.85. The highest BCUT2D eigenvalue weighted by atomic mass is 35.5. The van der Waals surface area contributed by atoms with Crippen molar-refractivity contribution in [2.24, 2.45) is 23.5 Å². The van der Waals surface area contributed by atoms with E-state index in [0.29, 0.717) is 18.5 Å². The lowest BCUT2D eigenvalue weighted by Gasteiger charge is -2.30. The summed E-state index contributed by atoms with van der Waals surface area (Å²) in [6, 6.07) is 0.430. The van der Waals surface area contributed by atoms with Crippen molar-refractivity contribution in [2.45, 2.75) is 64.3 Å². The van der Waals surface area contributed by atoms with Crippen molar-refractivity contribution in [3.8, 4) is 0 Å². The van der Waals surface area contributed by atoms with Crippen LogP contribution in [0.4, 0.5) is 0 Å². The van der Waals surface area contributed by atoms with Gasteiger partial charge in [0.2, 0.25) is 5.91 Å². The molecule has 2 aliphatic rings. The first-order valence-corrected chi connectivity index (χ1v) is 7.75. The second kappa shape index (κ2) is 8.11. The van der Waals surface area contributed by atoms with Crippen LogP contribution in [-0.4, -0.2) is 18.5 Å². The first-order chi connectivity index (χ1) is 8.74. The lowest BCUT2D eigenvalue weighted by molar-refractivity contribution is -0.127. The zero-order chi connectivity index (χ0) is 13.0. The minimum Gasteiger partial charge on any atom is -0.353 e. The zero-order valence-corrected chi connectivity index (χ0v) is 12.9. The molecule has 0 aliphatic heterocycles. The third-order valence-electron chi connectivity index (χ3n) is 5.07.